The van der Waals surface area contributed by atoms with Crippen molar-refractivity contribution in [3.05, 3.63) is 38.3 Å². The lowest BCUT2D eigenvalue weighted by Crippen LogP contribution is -2.53. The molecule has 1 aliphatic heterocycles. The smallest absolute Gasteiger partial charge is 0.410 e. The fourth-order valence-corrected chi connectivity index (χ4v) is 4.23. The van der Waals surface area contributed by atoms with Crippen molar-refractivity contribution in [1.29, 1.82) is 0 Å². The molecule has 3 rings (SSSR count). The number of halogens is 2. The Balaban J connectivity index is 1.77. The maximum atomic E-state index is 12.8. The van der Waals surface area contributed by atoms with Crippen molar-refractivity contribution in [1.82, 2.24) is 14.5 Å². The van der Waals surface area contributed by atoms with Crippen LogP contribution < -0.4 is 5.56 Å². The first-order valence-corrected chi connectivity index (χ1v) is 11.3. The van der Waals surface area contributed by atoms with E-state index in [9.17, 15) is 19.8 Å². The number of carbonyl (C=O) groups excluding carboxylic acids is 1. The average Bonchev–Trinajstić information content (AvgIpc) is 2.66. The molecule has 170 valence electrons. The lowest BCUT2D eigenvalue weighted by Gasteiger charge is -2.40. The lowest BCUT2D eigenvalue weighted by atomic mass is 9.94. The van der Waals surface area contributed by atoms with Gasteiger partial charge in [-0.3, -0.25) is 9.36 Å². The van der Waals surface area contributed by atoms with Crippen LogP contribution in [-0.4, -0.2) is 61.2 Å². The SMILES string of the molecule is CC(C)(C)OC(=O)N1CCC[C@H](O)[C@H]1CC(O)Cn1cnc2cc(Br)c(Cl)cc2c1=O. The van der Waals surface area contributed by atoms with E-state index in [1.54, 1.807) is 26.8 Å². The zero-order valence-corrected chi connectivity index (χ0v) is 20.1. The van der Waals surface area contributed by atoms with Crippen molar-refractivity contribution in [2.45, 2.75) is 70.4 Å². The van der Waals surface area contributed by atoms with E-state index in [1.807, 2.05) is 0 Å². The summed E-state index contributed by atoms with van der Waals surface area (Å²) >= 11 is 9.41. The Bertz CT molecular complexity index is 1020. The lowest BCUT2D eigenvalue weighted by molar-refractivity contribution is -0.0368. The van der Waals surface area contributed by atoms with Crippen LogP contribution in [0.2, 0.25) is 5.02 Å². The molecule has 31 heavy (non-hydrogen) atoms. The fourth-order valence-electron chi connectivity index (χ4n) is 3.73. The van der Waals surface area contributed by atoms with Gasteiger partial charge in [0.05, 0.1) is 47.0 Å². The Morgan fingerprint density at radius 1 is 1.42 bits per heavy atom. The van der Waals surface area contributed by atoms with Crippen LogP contribution in [0.3, 0.4) is 0 Å². The molecule has 1 aliphatic rings. The molecule has 1 aromatic heterocycles. The van der Waals surface area contributed by atoms with Crippen molar-refractivity contribution in [3.63, 3.8) is 0 Å². The highest BCUT2D eigenvalue weighted by Crippen LogP contribution is 2.26. The van der Waals surface area contributed by atoms with Gasteiger partial charge < -0.3 is 19.8 Å². The molecule has 3 atom stereocenters. The number of piperidine rings is 1. The highest BCUT2D eigenvalue weighted by atomic mass is 79.9. The summed E-state index contributed by atoms with van der Waals surface area (Å²) in [6, 6.07) is 2.60. The minimum absolute atomic E-state index is 0.0269. The molecule has 0 radical (unpaired) electrons. The largest absolute Gasteiger partial charge is 0.444 e. The zero-order valence-electron chi connectivity index (χ0n) is 17.7. The maximum absolute atomic E-state index is 12.8. The minimum atomic E-state index is -0.981. The van der Waals surface area contributed by atoms with Crippen LogP contribution in [0.15, 0.2) is 27.7 Å². The first-order chi connectivity index (χ1) is 14.5. The molecule has 0 spiro atoms. The molecule has 2 N–H and O–H groups in total. The van der Waals surface area contributed by atoms with Crippen molar-refractivity contribution in [2.75, 3.05) is 6.54 Å². The van der Waals surface area contributed by atoms with Gasteiger partial charge in [-0.25, -0.2) is 9.78 Å². The number of aliphatic hydroxyl groups excluding tert-OH is 2. The van der Waals surface area contributed by atoms with Gasteiger partial charge >= 0.3 is 6.09 Å². The van der Waals surface area contributed by atoms with Gasteiger partial charge in [-0.15, -0.1) is 0 Å². The molecule has 1 amide bonds. The van der Waals surface area contributed by atoms with Crippen molar-refractivity contribution >= 4 is 44.5 Å². The molecule has 0 bridgehead atoms. The van der Waals surface area contributed by atoms with E-state index in [2.05, 4.69) is 20.9 Å². The number of hydrogen-bond donors (Lipinski definition) is 2. The second kappa shape index (κ2) is 9.44. The number of ether oxygens (including phenoxy) is 1. The van der Waals surface area contributed by atoms with E-state index >= 15 is 0 Å². The second-order valence-electron chi connectivity index (χ2n) is 8.83. The molecule has 1 saturated heterocycles. The van der Waals surface area contributed by atoms with Crippen LogP contribution in [0.1, 0.15) is 40.0 Å². The van der Waals surface area contributed by atoms with E-state index in [-0.39, 0.29) is 18.5 Å². The number of hydrogen-bond acceptors (Lipinski definition) is 6. The number of likely N-dealkylation sites (tertiary alicyclic amines) is 1. The van der Waals surface area contributed by atoms with E-state index < -0.39 is 29.9 Å². The number of nitrogens with zero attached hydrogens (tertiary/aromatic N) is 3. The normalized spacial score (nSPS) is 20.7. The summed E-state index contributed by atoms with van der Waals surface area (Å²) in [5.74, 6) is 0. The highest BCUT2D eigenvalue weighted by Gasteiger charge is 2.37. The molecule has 8 nitrogen and oxygen atoms in total. The van der Waals surface area contributed by atoms with Crippen LogP contribution in [0.25, 0.3) is 10.9 Å². The highest BCUT2D eigenvalue weighted by molar-refractivity contribution is 9.10. The summed E-state index contributed by atoms with van der Waals surface area (Å²) in [7, 11) is 0. The molecule has 0 aliphatic carbocycles. The Hall–Kier alpha value is -1.68. The molecular weight excluding hydrogens is 490 g/mol. The van der Waals surface area contributed by atoms with Gasteiger partial charge in [0.1, 0.15) is 5.60 Å². The molecule has 1 fully saturated rings. The van der Waals surface area contributed by atoms with Crippen molar-refractivity contribution in [3.8, 4) is 0 Å². The van der Waals surface area contributed by atoms with Gasteiger partial charge in [-0.1, -0.05) is 11.6 Å². The topological polar surface area (TPSA) is 105 Å². The van der Waals surface area contributed by atoms with Crippen LogP contribution in [0, 0.1) is 0 Å². The molecular formula is C21H27BrClN3O5. The number of aliphatic hydroxyl groups is 2. The average molecular weight is 517 g/mol. The summed E-state index contributed by atoms with van der Waals surface area (Å²) in [6.45, 7) is 5.74. The minimum Gasteiger partial charge on any atom is -0.444 e. The first-order valence-electron chi connectivity index (χ1n) is 10.2. The first kappa shape index (κ1) is 24.0. The Kier molecular flexibility index (Phi) is 7.30. The number of amides is 1. The zero-order chi connectivity index (χ0) is 22.9. The standard InChI is InChI=1S/C21H27BrClN3O5/c1-21(2,3)31-20(30)26-6-4-5-18(28)17(26)7-12(27)10-25-11-24-16-9-14(22)15(23)8-13(16)19(25)29/h8-9,11-12,17-18,27-28H,4-7,10H2,1-3H3/t12?,17-,18+/m1/s1. The predicted octanol–water partition coefficient (Wildman–Crippen LogP) is 3.32. The Labute approximate surface area is 193 Å². The van der Waals surface area contributed by atoms with Gasteiger partial charge in [-0.05, 0) is 68.1 Å². The van der Waals surface area contributed by atoms with Gasteiger partial charge in [0.25, 0.3) is 5.56 Å². The molecule has 2 heterocycles. The maximum Gasteiger partial charge on any atom is 0.410 e. The third-order valence-corrected chi connectivity index (χ3v) is 6.36. The number of carbonyl (C=O) groups is 1. The summed E-state index contributed by atoms with van der Waals surface area (Å²) < 4.78 is 7.41. The molecule has 1 unspecified atom stereocenters. The van der Waals surface area contributed by atoms with Crippen molar-refractivity contribution in [2.24, 2.45) is 0 Å². The molecule has 2 aromatic rings. The Morgan fingerprint density at radius 3 is 2.81 bits per heavy atom. The van der Waals surface area contributed by atoms with Gasteiger partial charge in [0.15, 0.2) is 0 Å². The quantitative estimate of drug-likeness (QED) is 0.646. The summed E-state index contributed by atoms with van der Waals surface area (Å²) in [6.07, 6.45) is 0.375. The van der Waals surface area contributed by atoms with Gasteiger partial charge in [0, 0.05) is 11.0 Å². The number of rotatable bonds is 4. The van der Waals surface area contributed by atoms with Crippen LogP contribution >= 0.6 is 27.5 Å². The summed E-state index contributed by atoms with van der Waals surface area (Å²) in [5, 5.41) is 21.9. The van der Waals surface area contributed by atoms with E-state index in [4.69, 9.17) is 16.3 Å². The van der Waals surface area contributed by atoms with Crippen LogP contribution in [0.4, 0.5) is 4.79 Å². The molecule has 1 aromatic carbocycles. The number of aromatic nitrogens is 2. The Morgan fingerprint density at radius 2 is 2.13 bits per heavy atom. The van der Waals surface area contributed by atoms with Gasteiger partial charge in [-0.2, -0.15) is 0 Å². The second-order valence-corrected chi connectivity index (χ2v) is 10.1. The van der Waals surface area contributed by atoms with E-state index in [0.29, 0.717) is 39.8 Å². The van der Waals surface area contributed by atoms with Crippen LogP contribution in [-0.2, 0) is 11.3 Å². The summed E-state index contributed by atoms with van der Waals surface area (Å²) in [5.41, 5.74) is -0.499. The van der Waals surface area contributed by atoms with Gasteiger partial charge in [0.2, 0.25) is 0 Å². The molecule has 10 heteroatoms. The number of benzene rings is 1. The fraction of sp³-hybridized carbons (Fsp3) is 0.571. The third kappa shape index (κ3) is 5.77. The predicted molar refractivity (Wildman–Crippen MR) is 121 cm³/mol. The number of fused-ring (bicyclic) bond motifs is 1. The molecule has 0 saturated carbocycles. The monoisotopic (exact) mass is 515 g/mol. The van der Waals surface area contributed by atoms with E-state index in [0.717, 1.165) is 0 Å². The summed E-state index contributed by atoms with van der Waals surface area (Å²) in [4.78, 5) is 31.2. The van der Waals surface area contributed by atoms with Crippen LogP contribution in [0.5, 0.6) is 0 Å². The third-order valence-electron chi connectivity index (χ3n) is 5.16. The van der Waals surface area contributed by atoms with E-state index in [1.165, 1.54) is 21.9 Å². The van der Waals surface area contributed by atoms with Crippen molar-refractivity contribution < 1.29 is 19.7 Å².